The predicted molar refractivity (Wildman–Crippen MR) is 65.7 cm³/mol. The van der Waals surface area contributed by atoms with Crippen LogP contribution in [-0.4, -0.2) is 12.2 Å². The highest BCUT2D eigenvalue weighted by molar-refractivity contribution is 5.91. The molecule has 3 heteroatoms. The molecule has 2 rings (SSSR count). The molecule has 0 saturated heterocycles. The Morgan fingerprint density at radius 3 is 1.50 bits per heavy atom. The Balaban J connectivity index is 2.45. The predicted octanol–water partition coefficient (Wildman–Crippen LogP) is 3.65. The third-order valence-corrected chi connectivity index (χ3v) is 2.77. The number of ketones is 1. The van der Waals surface area contributed by atoms with Crippen LogP contribution in [-0.2, 0) is 4.79 Å². The number of carbonyl (C=O) groups excluding carboxylic acids is 1. The molecule has 0 radical (unpaired) electrons. The minimum Gasteiger partial charge on any atom is -0.292 e. The van der Waals surface area contributed by atoms with E-state index in [-0.39, 0.29) is 0 Å². The number of halogens is 2. The first kappa shape index (κ1) is 12.4. The van der Waals surface area contributed by atoms with Crippen LogP contribution in [0.5, 0.6) is 0 Å². The van der Waals surface area contributed by atoms with Crippen LogP contribution in [0.25, 0.3) is 0 Å². The van der Waals surface area contributed by atoms with Gasteiger partial charge in [0.15, 0.2) is 0 Å². The molecule has 92 valence electrons. The van der Waals surface area contributed by atoms with Gasteiger partial charge in [0.25, 0.3) is 6.43 Å². The maximum atomic E-state index is 12.7. The Bertz CT molecular complexity index is 469. The van der Waals surface area contributed by atoms with Crippen molar-refractivity contribution < 1.29 is 13.6 Å². The molecule has 0 spiro atoms. The van der Waals surface area contributed by atoms with Crippen LogP contribution in [0.4, 0.5) is 8.78 Å². The van der Waals surface area contributed by atoms with Gasteiger partial charge in [-0.05, 0) is 11.1 Å². The van der Waals surface area contributed by atoms with E-state index in [1.807, 2.05) is 0 Å². The average molecular weight is 246 g/mol. The second kappa shape index (κ2) is 5.54. The van der Waals surface area contributed by atoms with E-state index >= 15 is 0 Å². The lowest BCUT2D eigenvalue weighted by Gasteiger charge is -2.16. The highest BCUT2D eigenvalue weighted by Crippen LogP contribution is 2.27. The van der Waals surface area contributed by atoms with Gasteiger partial charge in [0.1, 0.15) is 0 Å². The van der Waals surface area contributed by atoms with Crippen molar-refractivity contribution in [3.63, 3.8) is 0 Å². The monoisotopic (exact) mass is 246 g/mol. The molecule has 0 unspecified atom stereocenters. The molecule has 2 aromatic rings. The van der Waals surface area contributed by atoms with Gasteiger partial charge in [-0.15, -0.1) is 0 Å². The first-order chi connectivity index (χ1) is 8.70. The van der Waals surface area contributed by atoms with Crippen molar-refractivity contribution in [3.8, 4) is 0 Å². The maximum absolute atomic E-state index is 12.7. The summed E-state index contributed by atoms with van der Waals surface area (Å²) in [5.74, 6) is -1.96. The minimum absolute atomic E-state index is 0.592. The second-order valence-electron chi connectivity index (χ2n) is 3.96. The van der Waals surface area contributed by atoms with Crippen LogP contribution in [0.15, 0.2) is 60.7 Å². The highest BCUT2D eigenvalue weighted by atomic mass is 19.3. The van der Waals surface area contributed by atoms with E-state index in [0.717, 1.165) is 0 Å². The molecule has 0 aromatic heterocycles. The highest BCUT2D eigenvalue weighted by Gasteiger charge is 2.29. The van der Waals surface area contributed by atoms with E-state index in [4.69, 9.17) is 0 Å². The topological polar surface area (TPSA) is 17.1 Å². The van der Waals surface area contributed by atoms with Crippen molar-refractivity contribution >= 4 is 5.78 Å². The summed E-state index contributed by atoms with van der Waals surface area (Å²) in [6, 6.07) is 17.3. The third kappa shape index (κ3) is 2.62. The number of benzene rings is 2. The van der Waals surface area contributed by atoms with E-state index in [2.05, 4.69) is 0 Å². The number of carbonyl (C=O) groups is 1. The number of hydrogen-bond donors (Lipinski definition) is 0. The normalized spacial score (nSPS) is 10.9. The van der Waals surface area contributed by atoms with Gasteiger partial charge in [-0.25, -0.2) is 8.78 Å². The molecular weight excluding hydrogens is 234 g/mol. The summed E-state index contributed by atoms with van der Waals surface area (Å²) < 4.78 is 25.4. The summed E-state index contributed by atoms with van der Waals surface area (Å²) in [5.41, 5.74) is 1.18. The smallest absolute Gasteiger partial charge is 0.292 e. The maximum Gasteiger partial charge on any atom is 0.296 e. The number of hydrogen-bond acceptors (Lipinski definition) is 1. The lowest BCUT2D eigenvalue weighted by atomic mass is 9.88. The fourth-order valence-corrected chi connectivity index (χ4v) is 1.94. The summed E-state index contributed by atoms with van der Waals surface area (Å²) in [6.07, 6.45) is -2.96. The van der Waals surface area contributed by atoms with Gasteiger partial charge in [-0.1, -0.05) is 60.7 Å². The molecule has 18 heavy (non-hydrogen) atoms. The molecule has 1 nitrogen and oxygen atoms in total. The molecular formula is C15H12F2O. The first-order valence-corrected chi connectivity index (χ1v) is 5.62. The summed E-state index contributed by atoms with van der Waals surface area (Å²) in [5, 5.41) is 0. The number of rotatable bonds is 4. The van der Waals surface area contributed by atoms with E-state index in [0.29, 0.717) is 11.1 Å². The quantitative estimate of drug-likeness (QED) is 0.804. The molecule has 0 N–H and O–H groups in total. The third-order valence-electron chi connectivity index (χ3n) is 2.77. The summed E-state index contributed by atoms with van der Waals surface area (Å²) in [7, 11) is 0. The lowest BCUT2D eigenvalue weighted by Crippen LogP contribution is -2.21. The van der Waals surface area contributed by atoms with Crippen molar-refractivity contribution in [3.05, 3.63) is 71.8 Å². The van der Waals surface area contributed by atoms with Crippen LogP contribution in [0.2, 0.25) is 0 Å². The SMILES string of the molecule is O=C(C(F)F)C(c1ccccc1)c1ccccc1. The van der Waals surface area contributed by atoms with Crippen molar-refractivity contribution in [2.45, 2.75) is 12.3 Å². The first-order valence-electron chi connectivity index (χ1n) is 5.62. The molecule has 0 aliphatic rings. The van der Waals surface area contributed by atoms with Crippen LogP contribution >= 0.6 is 0 Å². The Morgan fingerprint density at radius 1 is 0.778 bits per heavy atom. The van der Waals surface area contributed by atoms with Crippen molar-refractivity contribution in [2.75, 3.05) is 0 Å². The fourth-order valence-electron chi connectivity index (χ4n) is 1.94. The van der Waals surface area contributed by atoms with E-state index in [9.17, 15) is 13.6 Å². The van der Waals surface area contributed by atoms with Crippen LogP contribution in [0.3, 0.4) is 0 Å². The van der Waals surface area contributed by atoms with Crippen LogP contribution in [0.1, 0.15) is 17.0 Å². The largest absolute Gasteiger partial charge is 0.296 e. The molecule has 0 atom stereocenters. The summed E-state index contributed by atoms with van der Waals surface area (Å²) >= 11 is 0. The van der Waals surface area contributed by atoms with Crippen LogP contribution in [0, 0.1) is 0 Å². The zero-order chi connectivity index (χ0) is 13.0. The number of Topliss-reactive ketones (excluding diaryl/α,β-unsaturated/α-hetero) is 1. The van der Waals surface area contributed by atoms with Gasteiger partial charge in [-0.3, -0.25) is 4.79 Å². The minimum atomic E-state index is -2.96. The zero-order valence-electron chi connectivity index (χ0n) is 9.59. The molecule has 0 saturated carbocycles. The summed E-state index contributed by atoms with van der Waals surface area (Å²) in [6.45, 7) is 0. The Labute approximate surface area is 104 Å². The van der Waals surface area contributed by atoms with Crippen molar-refractivity contribution in [1.29, 1.82) is 0 Å². The molecule has 0 amide bonds. The van der Waals surface area contributed by atoms with Gasteiger partial charge in [0, 0.05) is 0 Å². The van der Waals surface area contributed by atoms with E-state index < -0.39 is 18.1 Å². The van der Waals surface area contributed by atoms with Crippen LogP contribution < -0.4 is 0 Å². The Hall–Kier alpha value is -2.03. The van der Waals surface area contributed by atoms with Crippen molar-refractivity contribution in [1.82, 2.24) is 0 Å². The number of alkyl halides is 2. The van der Waals surface area contributed by atoms with Gasteiger partial charge in [0.05, 0.1) is 5.92 Å². The van der Waals surface area contributed by atoms with Gasteiger partial charge >= 0.3 is 0 Å². The van der Waals surface area contributed by atoms with Gasteiger partial charge in [0.2, 0.25) is 5.78 Å². The molecule has 0 aliphatic carbocycles. The molecule has 0 heterocycles. The van der Waals surface area contributed by atoms with Crippen molar-refractivity contribution in [2.24, 2.45) is 0 Å². The Morgan fingerprint density at radius 2 is 1.17 bits per heavy atom. The van der Waals surface area contributed by atoms with E-state index in [1.165, 1.54) is 0 Å². The lowest BCUT2D eigenvalue weighted by molar-refractivity contribution is -0.130. The molecule has 0 fully saturated rings. The van der Waals surface area contributed by atoms with E-state index in [1.54, 1.807) is 60.7 Å². The summed E-state index contributed by atoms with van der Waals surface area (Å²) in [4.78, 5) is 11.7. The standard InChI is InChI=1S/C15H12F2O/c16-15(17)14(18)13(11-7-3-1-4-8-11)12-9-5-2-6-10-12/h1-10,13,15H. The zero-order valence-corrected chi connectivity index (χ0v) is 9.59. The molecule has 2 aromatic carbocycles. The average Bonchev–Trinajstić information content (AvgIpc) is 2.41. The molecule has 0 aliphatic heterocycles. The second-order valence-corrected chi connectivity index (χ2v) is 3.96. The van der Waals surface area contributed by atoms with Gasteiger partial charge in [-0.2, -0.15) is 0 Å². The Kier molecular flexibility index (Phi) is 3.82. The fraction of sp³-hybridized carbons (Fsp3) is 0.133. The molecule has 0 bridgehead atoms. The van der Waals surface area contributed by atoms with Gasteiger partial charge < -0.3 is 0 Å².